The van der Waals surface area contributed by atoms with Crippen molar-refractivity contribution in [3.8, 4) is 11.3 Å². The maximum Gasteiger partial charge on any atom is 0.248 e. The number of aryl methyl sites for hydroxylation is 1. The van der Waals surface area contributed by atoms with Gasteiger partial charge < -0.3 is 9.73 Å². The summed E-state index contributed by atoms with van der Waals surface area (Å²) in [6.07, 6.45) is 3.02. The fourth-order valence-corrected chi connectivity index (χ4v) is 3.25. The van der Waals surface area contributed by atoms with Gasteiger partial charge in [0.15, 0.2) is 0 Å². The first-order valence-electron chi connectivity index (χ1n) is 7.73. The SMILES string of the molecule is Cc1cc(Br)ccc1NC(=O)C=Cc1ccc(-c2cccc(Cl)c2Cl)o1. The summed E-state index contributed by atoms with van der Waals surface area (Å²) in [7, 11) is 0. The molecule has 0 aliphatic heterocycles. The van der Waals surface area contributed by atoms with Crippen LogP contribution in [0.5, 0.6) is 0 Å². The van der Waals surface area contributed by atoms with E-state index in [-0.39, 0.29) is 5.91 Å². The lowest BCUT2D eigenvalue weighted by molar-refractivity contribution is -0.111. The van der Waals surface area contributed by atoms with Gasteiger partial charge in [0.2, 0.25) is 5.91 Å². The quantitative estimate of drug-likeness (QED) is 0.435. The van der Waals surface area contributed by atoms with Gasteiger partial charge in [-0.2, -0.15) is 0 Å². The van der Waals surface area contributed by atoms with Crippen molar-refractivity contribution in [2.75, 3.05) is 5.32 Å². The Bertz CT molecular complexity index is 995. The van der Waals surface area contributed by atoms with E-state index in [2.05, 4.69) is 21.2 Å². The van der Waals surface area contributed by atoms with Crippen LogP contribution in [0.1, 0.15) is 11.3 Å². The third kappa shape index (κ3) is 4.39. The monoisotopic (exact) mass is 449 g/mol. The molecule has 3 nitrogen and oxygen atoms in total. The van der Waals surface area contributed by atoms with Crippen LogP contribution in [0.2, 0.25) is 10.0 Å². The van der Waals surface area contributed by atoms with E-state index in [1.165, 1.54) is 6.08 Å². The molecule has 0 fully saturated rings. The molecule has 0 spiro atoms. The van der Waals surface area contributed by atoms with Gasteiger partial charge in [-0.05, 0) is 61.0 Å². The molecule has 1 aromatic heterocycles. The van der Waals surface area contributed by atoms with Gasteiger partial charge in [-0.1, -0.05) is 45.2 Å². The largest absolute Gasteiger partial charge is 0.457 e. The summed E-state index contributed by atoms with van der Waals surface area (Å²) in [6, 6.07) is 14.5. The number of nitrogens with one attached hydrogen (secondary N) is 1. The average Bonchev–Trinajstić information content (AvgIpc) is 3.07. The Hall–Kier alpha value is -2.01. The van der Waals surface area contributed by atoms with Crippen molar-refractivity contribution in [2.45, 2.75) is 6.92 Å². The van der Waals surface area contributed by atoms with Crippen molar-refractivity contribution >= 4 is 56.8 Å². The molecule has 0 unspecified atom stereocenters. The average molecular weight is 451 g/mol. The Balaban J connectivity index is 1.72. The molecule has 0 saturated heterocycles. The first-order valence-corrected chi connectivity index (χ1v) is 9.28. The molecule has 1 N–H and O–H groups in total. The van der Waals surface area contributed by atoms with E-state index in [0.29, 0.717) is 27.1 Å². The minimum absolute atomic E-state index is 0.242. The van der Waals surface area contributed by atoms with Gasteiger partial charge >= 0.3 is 0 Å². The molecule has 0 saturated carbocycles. The van der Waals surface area contributed by atoms with Crippen molar-refractivity contribution in [3.63, 3.8) is 0 Å². The molecule has 0 atom stereocenters. The number of hydrogen-bond donors (Lipinski definition) is 1. The Labute approximate surface area is 169 Å². The number of furan rings is 1. The van der Waals surface area contributed by atoms with E-state index < -0.39 is 0 Å². The molecule has 3 aromatic rings. The summed E-state index contributed by atoms with van der Waals surface area (Å²) < 4.78 is 6.69. The molecule has 1 amide bonds. The number of rotatable bonds is 4. The number of benzene rings is 2. The molecule has 0 aliphatic rings. The fourth-order valence-electron chi connectivity index (χ4n) is 2.38. The third-order valence-electron chi connectivity index (χ3n) is 3.69. The zero-order valence-electron chi connectivity index (χ0n) is 13.7. The Morgan fingerprint density at radius 2 is 1.96 bits per heavy atom. The van der Waals surface area contributed by atoms with Crippen LogP contribution in [0.25, 0.3) is 17.4 Å². The second-order valence-corrected chi connectivity index (χ2v) is 7.29. The van der Waals surface area contributed by atoms with Gasteiger partial charge in [-0.25, -0.2) is 0 Å². The van der Waals surface area contributed by atoms with Crippen molar-refractivity contribution in [2.24, 2.45) is 0 Å². The Kier molecular flexibility index (Phi) is 5.87. The van der Waals surface area contributed by atoms with E-state index >= 15 is 0 Å². The molecule has 1 heterocycles. The molecule has 3 rings (SSSR count). The molecule has 0 aliphatic carbocycles. The zero-order valence-corrected chi connectivity index (χ0v) is 16.8. The number of carbonyl (C=O) groups excluding carboxylic acids is 1. The van der Waals surface area contributed by atoms with Crippen LogP contribution in [0.4, 0.5) is 5.69 Å². The smallest absolute Gasteiger partial charge is 0.248 e. The van der Waals surface area contributed by atoms with E-state index in [1.807, 2.05) is 31.2 Å². The molecule has 132 valence electrons. The predicted octanol–water partition coefficient (Wildman–Crippen LogP) is 6.98. The third-order valence-corrected chi connectivity index (χ3v) is 5.00. The molecule has 0 radical (unpaired) electrons. The lowest BCUT2D eigenvalue weighted by atomic mass is 10.2. The predicted molar refractivity (Wildman–Crippen MR) is 111 cm³/mol. The van der Waals surface area contributed by atoms with Crippen LogP contribution < -0.4 is 5.32 Å². The number of amides is 1. The van der Waals surface area contributed by atoms with Crippen molar-refractivity contribution < 1.29 is 9.21 Å². The summed E-state index contributed by atoms with van der Waals surface area (Å²) in [5.41, 5.74) is 2.43. The van der Waals surface area contributed by atoms with E-state index in [4.69, 9.17) is 27.6 Å². The van der Waals surface area contributed by atoms with Crippen LogP contribution in [-0.4, -0.2) is 5.91 Å². The van der Waals surface area contributed by atoms with Crippen molar-refractivity contribution in [3.05, 3.63) is 80.4 Å². The topological polar surface area (TPSA) is 42.2 Å². The molecule has 0 bridgehead atoms. The van der Waals surface area contributed by atoms with E-state index in [0.717, 1.165) is 15.7 Å². The summed E-state index contributed by atoms with van der Waals surface area (Å²) in [5, 5.41) is 3.73. The first kappa shape index (κ1) is 18.8. The Morgan fingerprint density at radius 3 is 2.73 bits per heavy atom. The number of anilines is 1. The van der Waals surface area contributed by atoms with Gasteiger partial charge in [-0.15, -0.1) is 0 Å². The second-order valence-electron chi connectivity index (χ2n) is 5.59. The molecule has 26 heavy (non-hydrogen) atoms. The van der Waals surface area contributed by atoms with Crippen LogP contribution in [0.15, 0.2) is 63.5 Å². The minimum atomic E-state index is -0.242. The molecule has 2 aromatic carbocycles. The maximum absolute atomic E-state index is 12.1. The van der Waals surface area contributed by atoms with Crippen LogP contribution in [0, 0.1) is 6.92 Å². The van der Waals surface area contributed by atoms with Crippen LogP contribution in [0.3, 0.4) is 0 Å². The van der Waals surface area contributed by atoms with Crippen molar-refractivity contribution in [1.82, 2.24) is 0 Å². The lowest BCUT2D eigenvalue weighted by Crippen LogP contribution is -2.08. The van der Waals surface area contributed by atoms with Gasteiger partial charge in [0.25, 0.3) is 0 Å². The van der Waals surface area contributed by atoms with Gasteiger partial charge in [0.1, 0.15) is 11.5 Å². The summed E-state index contributed by atoms with van der Waals surface area (Å²) in [4.78, 5) is 12.1. The van der Waals surface area contributed by atoms with Gasteiger partial charge in [0.05, 0.1) is 10.0 Å². The summed E-state index contributed by atoms with van der Waals surface area (Å²) >= 11 is 15.6. The normalized spacial score (nSPS) is 11.1. The van der Waals surface area contributed by atoms with Crippen LogP contribution in [-0.2, 0) is 4.79 Å². The Morgan fingerprint density at radius 1 is 1.15 bits per heavy atom. The highest BCUT2D eigenvalue weighted by Crippen LogP contribution is 2.34. The second kappa shape index (κ2) is 8.12. The zero-order chi connectivity index (χ0) is 18.7. The highest BCUT2D eigenvalue weighted by molar-refractivity contribution is 9.10. The summed E-state index contributed by atoms with van der Waals surface area (Å²) in [6.45, 7) is 1.93. The van der Waals surface area contributed by atoms with E-state index in [1.54, 1.807) is 30.3 Å². The number of hydrogen-bond acceptors (Lipinski definition) is 2. The number of halogens is 3. The molecular weight excluding hydrogens is 437 g/mol. The minimum Gasteiger partial charge on any atom is -0.457 e. The molecular formula is C20H14BrCl2NO2. The maximum atomic E-state index is 12.1. The van der Waals surface area contributed by atoms with Gasteiger partial charge in [-0.3, -0.25) is 4.79 Å². The standard InChI is InChI=1S/C20H14BrCl2NO2/c1-12-11-13(21)5-8-17(12)24-19(25)10-7-14-6-9-18(26-14)15-3-2-4-16(22)20(15)23/h2-11H,1H3,(H,24,25). The van der Waals surface area contributed by atoms with E-state index in [9.17, 15) is 4.79 Å². The molecule has 6 heteroatoms. The highest BCUT2D eigenvalue weighted by atomic mass is 79.9. The van der Waals surface area contributed by atoms with Crippen LogP contribution >= 0.6 is 39.1 Å². The summed E-state index contributed by atoms with van der Waals surface area (Å²) in [5.74, 6) is 0.884. The fraction of sp³-hybridized carbons (Fsp3) is 0.0500. The first-order chi connectivity index (χ1) is 12.4. The van der Waals surface area contributed by atoms with Crippen molar-refractivity contribution in [1.29, 1.82) is 0 Å². The lowest BCUT2D eigenvalue weighted by Gasteiger charge is -2.06. The highest BCUT2D eigenvalue weighted by Gasteiger charge is 2.10. The van der Waals surface area contributed by atoms with Gasteiger partial charge in [0, 0.05) is 21.8 Å². The number of carbonyl (C=O) groups is 1.